The maximum Gasteiger partial charge on any atom is 0.133 e. The number of rotatable bonds is 3. The Bertz CT molecular complexity index is 143. The fourth-order valence-electron chi connectivity index (χ4n) is 1.98. The van der Waals surface area contributed by atoms with Gasteiger partial charge in [0.05, 0.1) is 0 Å². The zero-order chi connectivity index (χ0) is 12.3. The minimum Gasteiger partial charge on any atom is -0.396 e. The van der Waals surface area contributed by atoms with Gasteiger partial charge in [0, 0.05) is 19.4 Å². The topological polar surface area (TPSA) is 37.3 Å². The third kappa shape index (κ3) is 6.67. The first-order valence-electron chi connectivity index (χ1n) is 6.40. The molecule has 0 radical (unpaired) electrons. The van der Waals surface area contributed by atoms with Gasteiger partial charge >= 0.3 is 0 Å². The summed E-state index contributed by atoms with van der Waals surface area (Å²) in [6, 6.07) is 0. The van der Waals surface area contributed by atoms with E-state index in [9.17, 15) is 4.79 Å². The zero-order valence-corrected chi connectivity index (χ0v) is 11.0. The maximum absolute atomic E-state index is 11.0. The fourth-order valence-corrected chi connectivity index (χ4v) is 1.98. The van der Waals surface area contributed by atoms with Crippen LogP contribution >= 0.6 is 0 Å². The van der Waals surface area contributed by atoms with E-state index in [2.05, 4.69) is 6.92 Å². The first-order chi connectivity index (χ1) is 7.27. The highest BCUT2D eigenvalue weighted by Crippen LogP contribution is 2.33. The molecule has 15 heavy (non-hydrogen) atoms. The Morgan fingerprint density at radius 2 is 1.60 bits per heavy atom. The first kappa shape index (κ1) is 17.0. The van der Waals surface area contributed by atoms with Crippen molar-refractivity contribution in [2.75, 3.05) is 6.61 Å². The van der Waals surface area contributed by atoms with Crippen LogP contribution in [-0.2, 0) is 4.79 Å². The van der Waals surface area contributed by atoms with Gasteiger partial charge in [0.15, 0.2) is 0 Å². The van der Waals surface area contributed by atoms with Gasteiger partial charge in [-0.3, -0.25) is 4.79 Å². The normalized spacial score (nSPS) is 23.7. The lowest BCUT2D eigenvalue weighted by molar-refractivity contribution is -0.117. The molecule has 1 fully saturated rings. The molecule has 0 aliphatic heterocycles. The summed E-state index contributed by atoms with van der Waals surface area (Å²) in [6.45, 7) is 10.3. The van der Waals surface area contributed by atoms with E-state index >= 15 is 0 Å². The van der Waals surface area contributed by atoms with E-state index in [0.717, 1.165) is 19.3 Å². The summed E-state index contributed by atoms with van der Waals surface area (Å²) in [5.74, 6) is 1.41. The molecule has 1 saturated carbocycles. The lowest BCUT2D eigenvalue weighted by Crippen LogP contribution is -2.08. The Balaban J connectivity index is 0. The predicted molar refractivity (Wildman–Crippen MR) is 65.9 cm³/mol. The summed E-state index contributed by atoms with van der Waals surface area (Å²) < 4.78 is 0. The Morgan fingerprint density at radius 3 is 2.00 bits per heavy atom. The molecule has 0 aromatic heterocycles. The van der Waals surface area contributed by atoms with Gasteiger partial charge in [-0.2, -0.15) is 0 Å². The van der Waals surface area contributed by atoms with E-state index < -0.39 is 0 Å². The number of ketones is 1. The summed E-state index contributed by atoms with van der Waals surface area (Å²) in [5.41, 5.74) is 0. The smallest absolute Gasteiger partial charge is 0.133 e. The molecule has 1 rings (SSSR count). The van der Waals surface area contributed by atoms with Crippen LogP contribution in [0.5, 0.6) is 0 Å². The van der Waals surface area contributed by atoms with Gasteiger partial charge in [-0.1, -0.05) is 41.0 Å². The summed E-state index contributed by atoms with van der Waals surface area (Å²) in [6.07, 6.45) is 3.35. The number of hydrogen-bond acceptors (Lipinski definition) is 2. The van der Waals surface area contributed by atoms with Crippen molar-refractivity contribution in [3.8, 4) is 0 Å². The molecule has 0 heterocycles. The van der Waals surface area contributed by atoms with Crippen LogP contribution in [0.15, 0.2) is 0 Å². The molecule has 2 atom stereocenters. The van der Waals surface area contributed by atoms with Gasteiger partial charge in [-0.25, -0.2) is 0 Å². The van der Waals surface area contributed by atoms with Crippen LogP contribution in [0.4, 0.5) is 0 Å². The van der Waals surface area contributed by atoms with Gasteiger partial charge in [0.2, 0.25) is 0 Å². The highest BCUT2D eigenvalue weighted by molar-refractivity contribution is 5.81. The van der Waals surface area contributed by atoms with E-state index in [1.54, 1.807) is 0 Å². The van der Waals surface area contributed by atoms with Crippen LogP contribution in [-0.4, -0.2) is 17.5 Å². The fraction of sp³-hybridized carbons (Fsp3) is 0.923. The molecular weight excluding hydrogens is 188 g/mol. The van der Waals surface area contributed by atoms with Crippen molar-refractivity contribution in [1.29, 1.82) is 0 Å². The molecule has 1 N–H and O–H groups in total. The third-order valence-corrected chi connectivity index (χ3v) is 2.67. The average Bonchev–Trinajstić information content (AvgIpc) is 2.65. The van der Waals surface area contributed by atoms with Crippen LogP contribution in [0.25, 0.3) is 0 Å². The molecule has 1 aliphatic carbocycles. The number of aliphatic hydroxyl groups excluding tert-OH is 1. The number of hydrogen-bond donors (Lipinski definition) is 1. The van der Waals surface area contributed by atoms with Crippen LogP contribution in [0.2, 0.25) is 0 Å². The van der Waals surface area contributed by atoms with E-state index in [1.165, 1.54) is 0 Å². The third-order valence-electron chi connectivity index (χ3n) is 2.67. The first-order valence-corrected chi connectivity index (χ1v) is 6.40. The number of aliphatic hydroxyl groups is 1. The van der Waals surface area contributed by atoms with Crippen molar-refractivity contribution in [3.05, 3.63) is 0 Å². The quantitative estimate of drug-likeness (QED) is 0.784. The van der Waals surface area contributed by atoms with E-state index in [4.69, 9.17) is 5.11 Å². The van der Waals surface area contributed by atoms with Crippen LogP contribution in [0, 0.1) is 11.8 Å². The lowest BCUT2D eigenvalue weighted by atomic mass is 9.91. The monoisotopic (exact) mass is 216 g/mol. The lowest BCUT2D eigenvalue weighted by Gasteiger charge is -2.14. The minimum absolute atomic E-state index is 0.231. The molecule has 0 unspecified atom stereocenters. The van der Waals surface area contributed by atoms with Gasteiger partial charge in [0.25, 0.3) is 0 Å². The summed E-state index contributed by atoms with van der Waals surface area (Å²) in [5, 5.41) is 8.71. The number of carbonyl (C=O) groups is 1. The molecule has 0 bridgehead atoms. The van der Waals surface area contributed by atoms with Gasteiger partial charge in [-0.05, 0) is 18.3 Å². The molecule has 0 spiro atoms. The van der Waals surface area contributed by atoms with Crippen LogP contribution in [0.3, 0.4) is 0 Å². The minimum atomic E-state index is 0.231. The van der Waals surface area contributed by atoms with E-state index in [-0.39, 0.29) is 6.61 Å². The van der Waals surface area contributed by atoms with Crippen molar-refractivity contribution in [3.63, 3.8) is 0 Å². The van der Waals surface area contributed by atoms with Gasteiger partial charge in [-0.15, -0.1) is 0 Å². The van der Waals surface area contributed by atoms with Crippen molar-refractivity contribution in [2.45, 2.75) is 60.3 Å². The summed E-state index contributed by atoms with van der Waals surface area (Å²) in [4.78, 5) is 11.0. The molecular formula is C13H28O2. The SMILES string of the molecule is CC.CC.CC[C@@H]1CC(=O)C[C@@H]1CCO. The van der Waals surface area contributed by atoms with Crippen molar-refractivity contribution < 1.29 is 9.90 Å². The van der Waals surface area contributed by atoms with E-state index in [0.29, 0.717) is 24.0 Å². The second-order valence-corrected chi connectivity index (χ2v) is 3.39. The summed E-state index contributed by atoms with van der Waals surface area (Å²) in [7, 11) is 0. The Labute approximate surface area is 95.1 Å². The molecule has 0 amide bonds. The Morgan fingerprint density at radius 1 is 1.13 bits per heavy atom. The summed E-state index contributed by atoms with van der Waals surface area (Å²) >= 11 is 0. The van der Waals surface area contributed by atoms with Crippen molar-refractivity contribution in [1.82, 2.24) is 0 Å². The van der Waals surface area contributed by atoms with Crippen molar-refractivity contribution >= 4 is 5.78 Å². The van der Waals surface area contributed by atoms with Crippen LogP contribution < -0.4 is 0 Å². The predicted octanol–water partition coefficient (Wildman–Crippen LogP) is 3.43. The number of carbonyl (C=O) groups excluding carboxylic acids is 1. The largest absolute Gasteiger partial charge is 0.396 e. The Hall–Kier alpha value is -0.370. The second kappa shape index (κ2) is 11.7. The number of Topliss-reactive ketones (excluding diaryl/α,β-unsaturated/α-hetero) is 1. The molecule has 0 aromatic rings. The van der Waals surface area contributed by atoms with E-state index in [1.807, 2.05) is 27.7 Å². The average molecular weight is 216 g/mol. The highest BCUT2D eigenvalue weighted by Gasteiger charge is 2.30. The molecule has 0 saturated heterocycles. The maximum atomic E-state index is 11.0. The molecule has 92 valence electrons. The molecule has 1 aliphatic rings. The molecule has 0 aromatic carbocycles. The van der Waals surface area contributed by atoms with Gasteiger partial charge < -0.3 is 5.11 Å². The van der Waals surface area contributed by atoms with Gasteiger partial charge in [0.1, 0.15) is 5.78 Å². The second-order valence-electron chi connectivity index (χ2n) is 3.39. The molecule has 2 nitrogen and oxygen atoms in total. The van der Waals surface area contributed by atoms with Crippen LogP contribution in [0.1, 0.15) is 60.3 Å². The molecule has 2 heteroatoms. The van der Waals surface area contributed by atoms with Crippen molar-refractivity contribution in [2.24, 2.45) is 11.8 Å². The standard InChI is InChI=1S/C9H16O2.2C2H6/c1-2-7-5-9(11)6-8(7)3-4-10;2*1-2/h7-8,10H,2-6H2,1H3;2*1-2H3/t7-,8+;;/m1../s1. The highest BCUT2D eigenvalue weighted by atomic mass is 16.3. The Kier molecular flexibility index (Phi) is 13.3. The zero-order valence-electron chi connectivity index (χ0n) is 11.0.